The van der Waals surface area contributed by atoms with E-state index < -0.39 is 0 Å². The fourth-order valence-corrected chi connectivity index (χ4v) is 3.04. The smallest absolute Gasteiger partial charge is 0.409 e. The van der Waals surface area contributed by atoms with E-state index in [1.54, 1.807) is 14.1 Å². The van der Waals surface area contributed by atoms with Crippen LogP contribution in [0.1, 0.15) is 32.6 Å². The van der Waals surface area contributed by atoms with Crippen LogP contribution in [0.15, 0.2) is 0 Å². The van der Waals surface area contributed by atoms with Crippen molar-refractivity contribution in [3.63, 3.8) is 0 Å². The van der Waals surface area contributed by atoms with Crippen LogP contribution in [0.2, 0.25) is 0 Å². The third kappa shape index (κ3) is 2.03. The van der Waals surface area contributed by atoms with Crippen LogP contribution >= 0.6 is 0 Å². The Kier molecular flexibility index (Phi) is 3.10. The van der Waals surface area contributed by atoms with Crippen molar-refractivity contribution < 1.29 is 9.53 Å². The van der Waals surface area contributed by atoms with Crippen molar-refractivity contribution in [3.8, 4) is 0 Å². The summed E-state index contributed by atoms with van der Waals surface area (Å²) in [6.45, 7) is 4.06. The minimum absolute atomic E-state index is 0.229. The maximum atomic E-state index is 11.4. The van der Waals surface area contributed by atoms with Gasteiger partial charge < -0.3 is 9.64 Å². The van der Waals surface area contributed by atoms with Crippen LogP contribution < -0.4 is 0 Å². The lowest BCUT2D eigenvalue weighted by molar-refractivity contribution is 0.0731. The molecule has 0 bridgehead atoms. The van der Waals surface area contributed by atoms with Gasteiger partial charge in [0.15, 0.2) is 0 Å². The highest BCUT2D eigenvalue weighted by molar-refractivity contribution is 5.66. The van der Waals surface area contributed by atoms with Crippen molar-refractivity contribution in [1.82, 2.24) is 9.80 Å². The van der Waals surface area contributed by atoms with Gasteiger partial charge >= 0.3 is 6.09 Å². The third-order valence-corrected chi connectivity index (χ3v) is 4.03. The number of hydrogen-bond acceptors (Lipinski definition) is 3. The maximum absolute atomic E-state index is 11.4. The van der Waals surface area contributed by atoms with Crippen molar-refractivity contribution in [3.05, 3.63) is 0 Å². The van der Waals surface area contributed by atoms with E-state index in [-0.39, 0.29) is 6.09 Å². The molecule has 2 atom stereocenters. The van der Waals surface area contributed by atoms with Crippen LogP contribution in [0.4, 0.5) is 4.79 Å². The van der Waals surface area contributed by atoms with Gasteiger partial charge in [0, 0.05) is 25.7 Å². The number of fused-ring (bicyclic) bond motifs is 1. The zero-order valence-corrected chi connectivity index (χ0v) is 10.5. The number of amides is 1. The Morgan fingerprint density at radius 1 is 1.50 bits per heavy atom. The normalized spacial score (nSPS) is 33.8. The van der Waals surface area contributed by atoms with E-state index in [4.69, 9.17) is 4.74 Å². The summed E-state index contributed by atoms with van der Waals surface area (Å²) in [6.07, 6.45) is 4.77. The first-order chi connectivity index (χ1) is 7.53. The van der Waals surface area contributed by atoms with Gasteiger partial charge in [-0.3, -0.25) is 4.90 Å². The molecule has 1 amide bonds. The van der Waals surface area contributed by atoms with Gasteiger partial charge in [-0.1, -0.05) is 0 Å². The molecule has 0 saturated carbocycles. The number of nitrogens with zero attached hydrogens (tertiary/aromatic N) is 2. The number of carbonyl (C=O) groups excluding carboxylic acids is 1. The maximum Gasteiger partial charge on any atom is 0.409 e. The van der Waals surface area contributed by atoms with Crippen molar-refractivity contribution in [2.75, 3.05) is 27.2 Å². The van der Waals surface area contributed by atoms with Crippen LogP contribution in [-0.2, 0) is 4.74 Å². The van der Waals surface area contributed by atoms with Crippen LogP contribution in [0.3, 0.4) is 0 Å². The molecule has 92 valence electrons. The van der Waals surface area contributed by atoms with E-state index in [2.05, 4.69) is 11.8 Å². The molecular formula is C12H22N2O2. The zero-order chi connectivity index (χ0) is 11.8. The Labute approximate surface area is 97.5 Å². The second-order valence-corrected chi connectivity index (χ2v) is 5.46. The van der Waals surface area contributed by atoms with Gasteiger partial charge in [-0.15, -0.1) is 0 Å². The van der Waals surface area contributed by atoms with Crippen molar-refractivity contribution in [1.29, 1.82) is 0 Å². The molecular weight excluding hydrogens is 204 g/mol. The monoisotopic (exact) mass is 226 g/mol. The first-order valence-corrected chi connectivity index (χ1v) is 6.14. The molecule has 0 aliphatic carbocycles. The highest BCUT2D eigenvalue weighted by Crippen LogP contribution is 2.41. The SMILES string of the molecule is CN(C)C(=O)OC[C@@H]1CC[C@@]2(C)CCCN12. The van der Waals surface area contributed by atoms with E-state index >= 15 is 0 Å². The van der Waals surface area contributed by atoms with E-state index in [9.17, 15) is 4.79 Å². The van der Waals surface area contributed by atoms with E-state index in [1.165, 1.54) is 30.7 Å². The molecule has 2 heterocycles. The summed E-state index contributed by atoms with van der Waals surface area (Å²) >= 11 is 0. The van der Waals surface area contributed by atoms with Crippen molar-refractivity contribution >= 4 is 6.09 Å². The summed E-state index contributed by atoms with van der Waals surface area (Å²) in [7, 11) is 3.44. The first kappa shape index (κ1) is 11.7. The fraction of sp³-hybridized carbons (Fsp3) is 0.917. The summed E-state index contributed by atoms with van der Waals surface area (Å²) in [5.74, 6) is 0. The molecule has 0 radical (unpaired) electrons. The van der Waals surface area contributed by atoms with Crippen molar-refractivity contribution in [2.45, 2.75) is 44.2 Å². The largest absolute Gasteiger partial charge is 0.448 e. The molecule has 0 aromatic heterocycles. The molecule has 2 fully saturated rings. The molecule has 2 saturated heterocycles. The van der Waals surface area contributed by atoms with Gasteiger partial charge in [0.1, 0.15) is 6.61 Å². The molecule has 0 unspecified atom stereocenters. The molecule has 0 aromatic rings. The van der Waals surface area contributed by atoms with E-state index in [1.807, 2.05) is 0 Å². The lowest BCUT2D eigenvalue weighted by Gasteiger charge is -2.31. The highest BCUT2D eigenvalue weighted by atomic mass is 16.6. The number of carbonyl (C=O) groups is 1. The molecule has 2 aliphatic heterocycles. The number of rotatable bonds is 2. The third-order valence-electron chi connectivity index (χ3n) is 4.03. The van der Waals surface area contributed by atoms with Gasteiger partial charge in [0.2, 0.25) is 0 Å². The highest BCUT2D eigenvalue weighted by Gasteiger charge is 2.45. The summed E-state index contributed by atoms with van der Waals surface area (Å²) in [5.41, 5.74) is 0.384. The zero-order valence-electron chi connectivity index (χ0n) is 10.5. The fourth-order valence-electron chi connectivity index (χ4n) is 3.04. The van der Waals surface area contributed by atoms with Gasteiger partial charge in [0.25, 0.3) is 0 Å². The Morgan fingerprint density at radius 3 is 2.94 bits per heavy atom. The summed E-state index contributed by atoms with van der Waals surface area (Å²) < 4.78 is 5.29. The summed E-state index contributed by atoms with van der Waals surface area (Å²) in [5, 5.41) is 0. The standard InChI is InChI=1S/C12H22N2O2/c1-12-6-4-8-14(12)10(5-7-12)9-16-11(15)13(2)3/h10H,4-9H2,1-3H3/t10-,12+/m0/s1. The lowest BCUT2D eigenvalue weighted by Crippen LogP contribution is -2.42. The molecule has 0 spiro atoms. The van der Waals surface area contributed by atoms with Crippen LogP contribution in [0.25, 0.3) is 0 Å². The van der Waals surface area contributed by atoms with E-state index in [0.717, 1.165) is 6.42 Å². The van der Waals surface area contributed by atoms with Gasteiger partial charge in [-0.25, -0.2) is 4.79 Å². The Balaban J connectivity index is 1.86. The number of ether oxygens (including phenoxy) is 1. The molecule has 0 N–H and O–H groups in total. The molecule has 4 nitrogen and oxygen atoms in total. The van der Waals surface area contributed by atoms with Crippen LogP contribution in [0.5, 0.6) is 0 Å². The summed E-state index contributed by atoms with van der Waals surface area (Å²) in [4.78, 5) is 15.4. The average molecular weight is 226 g/mol. The minimum Gasteiger partial charge on any atom is -0.448 e. The lowest BCUT2D eigenvalue weighted by atomic mass is 9.97. The van der Waals surface area contributed by atoms with Crippen LogP contribution in [-0.4, -0.2) is 54.7 Å². The molecule has 0 aromatic carbocycles. The quantitative estimate of drug-likeness (QED) is 0.718. The van der Waals surface area contributed by atoms with Gasteiger partial charge in [0.05, 0.1) is 0 Å². The minimum atomic E-state index is -0.229. The number of hydrogen-bond donors (Lipinski definition) is 0. The average Bonchev–Trinajstić information content (AvgIpc) is 2.72. The Hall–Kier alpha value is -0.770. The Morgan fingerprint density at radius 2 is 2.25 bits per heavy atom. The first-order valence-electron chi connectivity index (χ1n) is 6.14. The second kappa shape index (κ2) is 4.24. The van der Waals surface area contributed by atoms with E-state index in [0.29, 0.717) is 18.2 Å². The Bertz CT molecular complexity index is 280. The second-order valence-electron chi connectivity index (χ2n) is 5.46. The van der Waals surface area contributed by atoms with Gasteiger partial charge in [-0.2, -0.15) is 0 Å². The van der Waals surface area contributed by atoms with Gasteiger partial charge in [-0.05, 0) is 39.2 Å². The molecule has 2 aliphatic rings. The molecule has 16 heavy (non-hydrogen) atoms. The topological polar surface area (TPSA) is 32.8 Å². The molecule has 4 heteroatoms. The van der Waals surface area contributed by atoms with Crippen molar-refractivity contribution in [2.24, 2.45) is 0 Å². The summed E-state index contributed by atoms with van der Waals surface area (Å²) in [6, 6.07) is 0.441. The predicted molar refractivity (Wildman–Crippen MR) is 62.4 cm³/mol. The molecule has 2 rings (SSSR count). The predicted octanol–water partition coefficient (Wildman–Crippen LogP) is 1.70. The van der Waals surface area contributed by atoms with Crippen LogP contribution in [0, 0.1) is 0 Å².